The Kier molecular flexibility index (Phi) is 3.11. The minimum atomic E-state index is -0.199. The van der Waals surface area contributed by atoms with Gasteiger partial charge in [0.05, 0.1) is 11.1 Å². The van der Waals surface area contributed by atoms with E-state index in [2.05, 4.69) is 15.4 Å². The van der Waals surface area contributed by atoms with E-state index in [1.807, 2.05) is 0 Å². The molecule has 0 aromatic carbocycles. The Morgan fingerprint density at radius 2 is 2.22 bits per heavy atom. The van der Waals surface area contributed by atoms with Gasteiger partial charge in [-0.25, -0.2) is 0 Å². The highest BCUT2D eigenvalue weighted by Crippen LogP contribution is 2.56. The van der Waals surface area contributed by atoms with Gasteiger partial charge in [-0.3, -0.25) is 14.3 Å². The molecule has 0 aliphatic heterocycles. The van der Waals surface area contributed by atoms with Gasteiger partial charge < -0.3 is 10.3 Å². The number of hydrogen-bond acceptors (Lipinski definition) is 3. The fourth-order valence-electron chi connectivity index (χ4n) is 3.99. The van der Waals surface area contributed by atoms with Crippen molar-refractivity contribution in [2.24, 2.45) is 18.4 Å². The molecule has 122 valence electrons. The minimum Gasteiger partial charge on any atom is -0.350 e. The van der Waals surface area contributed by atoms with Crippen LogP contribution in [0.3, 0.4) is 0 Å². The number of carbonyl (C=O) groups excluding carboxylic acids is 1. The first-order valence-corrected chi connectivity index (χ1v) is 8.35. The molecule has 6 heteroatoms. The molecule has 2 aromatic heterocycles. The van der Waals surface area contributed by atoms with Gasteiger partial charge in [0.15, 0.2) is 5.43 Å². The Hall–Kier alpha value is -2.11. The van der Waals surface area contributed by atoms with Crippen LogP contribution in [-0.4, -0.2) is 27.2 Å². The van der Waals surface area contributed by atoms with Crippen molar-refractivity contribution in [2.75, 3.05) is 6.54 Å². The van der Waals surface area contributed by atoms with E-state index < -0.39 is 0 Å². The summed E-state index contributed by atoms with van der Waals surface area (Å²) in [4.78, 5) is 27.8. The topological polar surface area (TPSA) is 79.8 Å². The predicted molar refractivity (Wildman–Crippen MR) is 87.4 cm³/mol. The standard InChI is InChI=1S/C17H22N4O2/c1-10-14-13(22)8-12(19-15(14)21(2)20-10)16(23)18-9-17(6-3-7-17)11-4-5-11/h8,11H,3-7,9H2,1-2H3,(H,18,23)(H,19,22). The number of nitrogens with one attached hydrogen (secondary N) is 2. The molecule has 0 bridgehead atoms. The maximum absolute atomic E-state index is 12.5. The van der Waals surface area contributed by atoms with E-state index in [9.17, 15) is 9.59 Å². The van der Waals surface area contributed by atoms with Gasteiger partial charge in [-0.1, -0.05) is 6.42 Å². The first-order valence-electron chi connectivity index (χ1n) is 8.35. The summed E-state index contributed by atoms with van der Waals surface area (Å²) in [6, 6.07) is 1.39. The summed E-state index contributed by atoms with van der Waals surface area (Å²) in [7, 11) is 1.77. The van der Waals surface area contributed by atoms with E-state index >= 15 is 0 Å². The summed E-state index contributed by atoms with van der Waals surface area (Å²) in [6.45, 7) is 2.52. The number of pyridine rings is 1. The smallest absolute Gasteiger partial charge is 0.267 e. The molecule has 6 nitrogen and oxygen atoms in total. The van der Waals surface area contributed by atoms with Gasteiger partial charge >= 0.3 is 0 Å². The van der Waals surface area contributed by atoms with Gasteiger partial charge in [0.2, 0.25) is 0 Å². The molecule has 0 radical (unpaired) electrons. The van der Waals surface area contributed by atoms with E-state index in [-0.39, 0.29) is 11.3 Å². The molecule has 0 spiro atoms. The van der Waals surface area contributed by atoms with Crippen LogP contribution < -0.4 is 10.7 Å². The van der Waals surface area contributed by atoms with Gasteiger partial charge in [0.1, 0.15) is 11.3 Å². The number of nitrogens with zero attached hydrogens (tertiary/aromatic N) is 2. The highest BCUT2D eigenvalue weighted by Gasteiger charge is 2.48. The molecular weight excluding hydrogens is 292 g/mol. The van der Waals surface area contributed by atoms with Crippen LogP contribution in [-0.2, 0) is 7.05 Å². The average molecular weight is 314 g/mol. The fourth-order valence-corrected chi connectivity index (χ4v) is 3.99. The SMILES string of the molecule is Cc1nn(C)c2[nH]c(C(=O)NCC3(C4CC4)CCC3)cc(=O)c12. The highest BCUT2D eigenvalue weighted by molar-refractivity contribution is 5.94. The number of fused-ring (bicyclic) bond motifs is 1. The third-order valence-electron chi connectivity index (χ3n) is 5.64. The summed E-state index contributed by atoms with van der Waals surface area (Å²) in [5, 5.41) is 7.84. The fraction of sp³-hybridized carbons (Fsp3) is 0.588. The van der Waals surface area contributed by atoms with Crippen LogP contribution in [0.1, 0.15) is 48.3 Å². The Morgan fingerprint density at radius 3 is 2.83 bits per heavy atom. The second-order valence-electron chi connectivity index (χ2n) is 7.15. The molecule has 2 aliphatic rings. The Morgan fingerprint density at radius 1 is 1.48 bits per heavy atom. The van der Waals surface area contributed by atoms with Gasteiger partial charge in [-0.2, -0.15) is 5.10 Å². The Labute approximate surface area is 134 Å². The van der Waals surface area contributed by atoms with Crippen molar-refractivity contribution in [3.63, 3.8) is 0 Å². The number of rotatable bonds is 4. The van der Waals surface area contributed by atoms with Crippen LogP contribution in [0.25, 0.3) is 11.0 Å². The first kappa shape index (κ1) is 14.5. The van der Waals surface area contributed by atoms with Crippen LogP contribution in [0.4, 0.5) is 0 Å². The van der Waals surface area contributed by atoms with Crippen molar-refractivity contribution in [1.29, 1.82) is 0 Å². The molecule has 2 aromatic rings. The van der Waals surface area contributed by atoms with Crippen molar-refractivity contribution < 1.29 is 4.79 Å². The van der Waals surface area contributed by atoms with Crippen LogP contribution in [0.2, 0.25) is 0 Å². The van der Waals surface area contributed by atoms with Crippen molar-refractivity contribution in [2.45, 2.75) is 39.0 Å². The van der Waals surface area contributed by atoms with E-state index in [1.54, 1.807) is 18.7 Å². The quantitative estimate of drug-likeness (QED) is 0.904. The second-order valence-corrected chi connectivity index (χ2v) is 7.15. The monoisotopic (exact) mass is 314 g/mol. The highest BCUT2D eigenvalue weighted by atomic mass is 16.2. The molecule has 0 atom stereocenters. The summed E-state index contributed by atoms with van der Waals surface area (Å²) in [6.07, 6.45) is 6.30. The van der Waals surface area contributed by atoms with Gasteiger partial charge in [-0.15, -0.1) is 0 Å². The van der Waals surface area contributed by atoms with Crippen molar-refractivity contribution in [3.05, 3.63) is 27.7 Å². The number of amides is 1. The van der Waals surface area contributed by atoms with Crippen molar-refractivity contribution in [3.8, 4) is 0 Å². The van der Waals surface area contributed by atoms with Crippen LogP contribution in [0.15, 0.2) is 10.9 Å². The Bertz CT molecular complexity index is 840. The average Bonchev–Trinajstić information content (AvgIpc) is 3.25. The zero-order valence-electron chi connectivity index (χ0n) is 13.6. The molecule has 4 rings (SSSR count). The van der Waals surface area contributed by atoms with E-state index in [0.717, 1.165) is 12.5 Å². The number of carbonyl (C=O) groups is 1. The predicted octanol–water partition coefficient (Wildman–Crippen LogP) is 1.88. The van der Waals surface area contributed by atoms with Gasteiger partial charge in [0.25, 0.3) is 5.91 Å². The first-order chi connectivity index (χ1) is 11.0. The lowest BCUT2D eigenvalue weighted by Crippen LogP contribution is -2.44. The van der Waals surface area contributed by atoms with E-state index in [1.165, 1.54) is 38.2 Å². The summed E-state index contributed by atoms with van der Waals surface area (Å²) >= 11 is 0. The number of aromatic nitrogens is 3. The zero-order chi connectivity index (χ0) is 16.2. The third-order valence-corrected chi connectivity index (χ3v) is 5.64. The minimum absolute atomic E-state index is 0.157. The molecular formula is C17H22N4O2. The molecule has 2 heterocycles. The molecule has 2 saturated carbocycles. The van der Waals surface area contributed by atoms with Crippen molar-refractivity contribution in [1.82, 2.24) is 20.1 Å². The van der Waals surface area contributed by atoms with Crippen LogP contribution in [0, 0.1) is 18.3 Å². The molecule has 2 aliphatic carbocycles. The summed E-state index contributed by atoms with van der Waals surface area (Å²) in [5.41, 5.74) is 1.76. The molecule has 1 amide bonds. The molecule has 0 saturated heterocycles. The second kappa shape index (κ2) is 4.94. The lowest BCUT2D eigenvalue weighted by atomic mass is 9.65. The van der Waals surface area contributed by atoms with Crippen LogP contribution in [0.5, 0.6) is 0 Å². The van der Waals surface area contributed by atoms with E-state index in [4.69, 9.17) is 0 Å². The summed E-state index contributed by atoms with van der Waals surface area (Å²) < 4.78 is 1.61. The normalized spacial score (nSPS) is 19.6. The Balaban J connectivity index is 1.57. The molecule has 0 unspecified atom stereocenters. The summed E-state index contributed by atoms with van der Waals surface area (Å²) in [5.74, 6) is 0.590. The molecule has 23 heavy (non-hydrogen) atoms. The van der Waals surface area contributed by atoms with Crippen molar-refractivity contribution >= 4 is 16.9 Å². The molecule has 2 N–H and O–H groups in total. The lowest BCUT2D eigenvalue weighted by Gasteiger charge is -2.42. The molecule has 2 fully saturated rings. The van der Waals surface area contributed by atoms with Crippen LogP contribution >= 0.6 is 0 Å². The zero-order valence-corrected chi connectivity index (χ0v) is 13.6. The third kappa shape index (κ3) is 2.28. The number of aryl methyl sites for hydroxylation is 2. The lowest BCUT2D eigenvalue weighted by molar-refractivity contribution is 0.0778. The maximum atomic E-state index is 12.5. The van der Waals surface area contributed by atoms with Gasteiger partial charge in [-0.05, 0) is 43.9 Å². The largest absolute Gasteiger partial charge is 0.350 e. The number of H-pyrrole nitrogens is 1. The number of aromatic amines is 1. The van der Waals surface area contributed by atoms with Gasteiger partial charge in [0, 0.05) is 19.7 Å². The maximum Gasteiger partial charge on any atom is 0.267 e. The number of hydrogen-bond donors (Lipinski definition) is 2. The van der Waals surface area contributed by atoms with E-state index in [0.29, 0.717) is 27.8 Å².